The Morgan fingerprint density at radius 1 is 1.02 bits per heavy atom. The van der Waals surface area contributed by atoms with Crippen LogP contribution in [-0.4, -0.2) is 71.5 Å². The van der Waals surface area contributed by atoms with Gasteiger partial charge in [0.2, 0.25) is 0 Å². The van der Waals surface area contributed by atoms with Crippen molar-refractivity contribution in [3.8, 4) is 0 Å². The minimum atomic E-state index is -0.997. The van der Waals surface area contributed by atoms with Crippen LogP contribution >= 0.6 is 11.3 Å². The van der Waals surface area contributed by atoms with Gasteiger partial charge in [-0.25, -0.2) is 24.2 Å². The average molecular weight is 586 g/mol. The summed E-state index contributed by atoms with van der Waals surface area (Å²) >= 11 is 1.14. The zero-order chi connectivity index (χ0) is 31.0. The van der Waals surface area contributed by atoms with Crippen LogP contribution in [0.25, 0.3) is 0 Å². The number of alkyl carbamates (subject to hydrolysis) is 1. The Balaban J connectivity index is 3.39. The van der Waals surface area contributed by atoms with Gasteiger partial charge in [0.15, 0.2) is 11.8 Å². The van der Waals surface area contributed by atoms with Gasteiger partial charge >= 0.3 is 24.1 Å². The lowest BCUT2D eigenvalue weighted by molar-refractivity contribution is -0.154. The first-order chi connectivity index (χ1) is 18.3. The molecule has 0 aliphatic carbocycles. The van der Waals surface area contributed by atoms with Crippen molar-refractivity contribution in [2.75, 3.05) is 14.2 Å². The SMILES string of the molecule is CCC(C)C(NC(=O)OC(C)(C)C)C(=O)OC(CC(C(C)C)N(C)C(=O)OC(C)(C)C)c1nc(C(=O)OC)cs1. The van der Waals surface area contributed by atoms with Crippen LogP contribution in [0.4, 0.5) is 9.59 Å². The Bertz CT molecular complexity index is 1010. The lowest BCUT2D eigenvalue weighted by Crippen LogP contribution is -2.48. The topological polar surface area (TPSA) is 133 Å². The van der Waals surface area contributed by atoms with E-state index in [0.717, 1.165) is 11.3 Å². The largest absolute Gasteiger partial charge is 0.464 e. The summed E-state index contributed by atoms with van der Waals surface area (Å²) in [4.78, 5) is 56.9. The lowest BCUT2D eigenvalue weighted by atomic mass is 9.96. The van der Waals surface area contributed by atoms with Crippen molar-refractivity contribution in [1.29, 1.82) is 0 Å². The molecule has 1 N–H and O–H groups in total. The molecule has 228 valence electrons. The van der Waals surface area contributed by atoms with E-state index >= 15 is 0 Å². The third-order valence-corrected chi connectivity index (χ3v) is 6.93. The molecule has 40 heavy (non-hydrogen) atoms. The van der Waals surface area contributed by atoms with Gasteiger partial charge in [0, 0.05) is 24.9 Å². The number of nitrogens with one attached hydrogen (secondary N) is 1. The number of carbonyl (C=O) groups is 4. The van der Waals surface area contributed by atoms with E-state index in [1.54, 1.807) is 48.6 Å². The molecule has 0 saturated carbocycles. The average Bonchev–Trinajstić information content (AvgIpc) is 3.31. The second-order valence-corrected chi connectivity index (χ2v) is 13.0. The van der Waals surface area contributed by atoms with Gasteiger partial charge in [-0.3, -0.25) is 0 Å². The summed E-state index contributed by atoms with van der Waals surface area (Å²) in [6.45, 7) is 18.1. The first kappa shape index (κ1) is 35.1. The lowest BCUT2D eigenvalue weighted by Gasteiger charge is -2.35. The van der Waals surface area contributed by atoms with E-state index < -0.39 is 53.5 Å². The fraction of sp³-hybridized carbons (Fsp3) is 0.750. The molecule has 0 aliphatic rings. The predicted molar refractivity (Wildman–Crippen MR) is 152 cm³/mol. The Morgan fingerprint density at radius 2 is 1.60 bits per heavy atom. The first-order valence-corrected chi connectivity index (χ1v) is 14.4. The Hall–Kier alpha value is -2.89. The van der Waals surface area contributed by atoms with Gasteiger partial charge in [-0.05, 0) is 53.4 Å². The molecule has 2 amide bonds. The number of thiazole rings is 1. The summed E-state index contributed by atoms with van der Waals surface area (Å²) in [5.41, 5.74) is -1.37. The zero-order valence-corrected chi connectivity index (χ0v) is 26.8. The van der Waals surface area contributed by atoms with Crippen molar-refractivity contribution in [3.05, 3.63) is 16.1 Å². The molecule has 0 spiro atoms. The molecule has 0 aromatic carbocycles. The van der Waals surface area contributed by atoms with E-state index in [1.165, 1.54) is 17.4 Å². The van der Waals surface area contributed by atoms with Crippen LogP contribution in [-0.2, 0) is 23.7 Å². The summed E-state index contributed by atoms with van der Waals surface area (Å²) < 4.78 is 21.7. The van der Waals surface area contributed by atoms with Crippen molar-refractivity contribution in [2.45, 2.75) is 111 Å². The number of ether oxygens (including phenoxy) is 4. The van der Waals surface area contributed by atoms with Gasteiger partial charge in [0.25, 0.3) is 0 Å². The van der Waals surface area contributed by atoms with Crippen molar-refractivity contribution < 1.29 is 38.1 Å². The van der Waals surface area contributed by atoms with E-state index in [4.69, 9.17) is 18.9 Å². The van der Waals surface area contributed by atoms with Crippen LogP contribution in [0.15, 0.2) is 5.38 Å². The monoisotopic (exact) mass is 585 g/mol. The number of rotatable bonds is 11. The molecule has 1 aromatic rings. The third kappa shape index (κ3) is 11.3. The number of amides is 2. The van der Waals surface area contributed by atoms with Crippen LogP contribution in [0.1, 0.15) is 104 Å². The van der Waals surface area contributed by atoms with Crippen LogP contribution in [0.2, 0.25) is 0 Å². The Kier molecular flexibility index (Phi) is 12.9. The van der Waals surface area contributed by atoms with E-state index in [-0.39, 0.29) is 24.0 Å². The van der Waals surface area contributed by atoms with Crippen LogP contribution < -0.4 is 5.32 Å². The minimum absolute atomic E-state index is 0.0518. The van der Waals surface area contributed by atoms with Crippen molar-refractivity contribution in [3.63, 3.8) is 0 Å². The molecule has 0 radical (unpaired) electrons. The number of aromatic nitrogens is 1. The molecule has 1 rings (SSSR count). The number of nitrogens with zero attached hydrogens (tertiary/aromatic N) is 2. The van der Waals surface area contributed by atoms with Crippen LogP contribution in [0.5, 0.6) is 0 Å². The number of carbonyl (C=O) groups excluding carboxylic acids is 4. The number of methoxy groups -OCH3 is 1. The highest BCUT2D eigenvalue weighted by Crippen LogP contribution is 2.32. The van der Waals surface area contributed by atoms with E-state index in [9.17, 15) is 19.2 Å². The number of hydrogen-bond acceptors (Lipinski definition) is 10. The number of esters is 2. The highest BCUT2D eigenvalue weighted by atomic mass is 32.1. The van der Waals surface area contributed by atoms with Crippen LogP contribution in [0.3, 0.4) is 0 Å². The highest BCUT2D eigenvalue weighted by molar-refractivity contribution is 7.09. The maximum Gasteiger partial charge on any atom is 0.410 e. The normalized spacial score (nSPS) is 14.9. The second kappa shape index (κ2) is 14.7. The van der Waals surface area contributed by atoms with Gasteiger partial charge in [-0.1, -0.05) is 34.1 Å². The Labute approximate surface area is 242 Å². The molecule has 4 unspecified atom stereocenters. The molecular weight excluding hydrogens is 538 g/mol. The highest BCUT2D eigenvalue weighted by Gasteiger charge is 2.36. The molecule has 11 nitrogen and oxygen atoms in total. The molecule has 0 saturated heterocycles. The quantitative estimate of drug-likeness (QED) is 0.255. The minimum Gasteiger partial charge on any atom is -0.464 e. The first-order valence-electron chi connectivity index (χ1n) is 13.5. The van der Waals surface area contributed by atoms with Crippen molar-refractivity contribution in [1.82, 2.24) is 15.2 Å². The van der Waals surface area contributed by atoms with E-state index in [1.807, 2.05) is 27.7 Å². The van der Waals surface area contributed by atoms with Gasteiger partial charge in [0.05, 0.1) is 7.11 Å². The molecule has 12 heteroatoms. The molecule has 0 aliphatic heterocycles. The molecule has 4 atom stereocenters. The van der Waals surface area contributed by atoms with E-state index in [0.29, 0.717) is 11.4 Å². The maximum absolute atomic E-state index is 13.6. The standard InChI is InChI=1S/C28H47N3O8S/c1-13-17(4)21(30-25(34)38-27(5,6)7)24(33)37-20(22-29-18(15-40-22)23(32)36-12)14-19(16(2)3)31(11)26(35)39-28(8,9)10/h15-17,19-21H,13-14H2,1-12H3,(H,30,34). The molecule has 1 heterocycles. The summed E-state index contributed by atoms with van der Waals surface area (Å²) in [6, 6.07) is -1.41. The fourth-order valence-corrected chi connectivity index (χ4v) is 4.55. The number of hydrogen-bond donors (Lipinski definition) is 1. The molecule has 0 fully saturated rings. The summed E-state index contributed by atoms with van der Waals surface area (Å²) in [6.07, 6.45) is -1.43. The maximum atomic E-state index is 13.6. The van der Waals surface area contributed by atoms with E-state index in [2.05, 4.69) is 10.3 Å². The summed E-state index contributed by atoms with van der Waals surface area (Å²) in [5.74, 6) is -1.62. The van der Waals surface area contributed by atoms with Gasteiger partial charge < -0.3 is 29.2 Å². The molecule has 0 bridgehead atoms. The third-order valence-electron chi connectivity index (χ3n) is 5.99. The smallest absolute Gasteiger partial charge is 0.410 e. The second-order valence-electron chi connectivity index (χ2n) is 12.1. The van der Waals surface area contributed by atoms with Crippen molar-refractivity contribution >= 4 is 35.5 Å². The van der Waals surface area contributed by atoms with Gasteiger partial charge in [-0.2, -0.15) is 0 Å². The zero-order valence-electron chi connectivity index (χ0n) is 25.9. The van der Waals surface area contributed by atoms with Gasteiger partial charge in [0.1, 0.15) is 22.3 Å². The molecule has 1 aromatic heterocycles. The van der Waals surface area contributed by atoms with Crippen LogP contribution in [0, 0.1) is 11.8 Å². The fourth-order valence-electron chi connectivity index (χ4n) is 3.72. The summed E-state index contributed by atoms with van der Waals surface area (Å²) in [7, 11) is 2.88. The van der Waals surface area contributed by atoms with Gasteiger partial charge in [-0.15, -0.1) is 11.3 Å². The Morgan fingerprint density at radius 3 is 2.08 bits per heavy atom. The molecular formula is C28H47N3O8S. The summed E-state index contributed by atoms with van der Waals surface area (Å²) in [5, 5.41) is 4.53. The van der Waals surface area contributed by atoms with Crippen molar-refractivity contribution in [2.24, 2.45) is 11.8 Å². The predicted octanol–water partition coefficient (Wildman–Crippen LogP) is 5.74.